The molecule has 5 rings (SSSR count). The van der Waals surface area contributed by atoms with Gasteiger partial charge in [0.2, 0.25) is 0 Å². The van der Waals surface area contributed by atoms with Gasteiger partial charge in [-0.15, -0.1) is 0 Å². The average molecular weight is 402 g/mol. The minimum absolute atomic E-state index is 0.676. The molecule has 3 aromatic rings. The molecule has 0 N–H and O–H groups in total. The molecule has 1 aromatic carbocycles. The first-order valence-corrected chi connectivity index (χ1v) is 11.2. The second-order valence-electron chi connectivity index (χ2n) is 8.45. The smallest absolute Gasteiger partial charge is 0.136 e. The van der Waals surface area contributed by atoms with E-state index >= 15 is 0 Å². The molecule has 2 aliphatic rings. The molecule has 4 heterocycles. The minimum atomic E-state index is 0.676. The molecule has 2 aliphatic heterocycles. The predicted octanol–water partition coefficient (Wildman–Crippen LogP) is 3.66. The van der Waals surface area contributed by atoms with Gasteiger partial charge < -0.3 is 9.47 Å². The van der Waals surface area contributed by atoms with Gasteiger partial charge in [0, 0.05) is 69.1 Å². The van der Waals surface area contributed by atoms with Gasteiger partial charge in [-0.05, 0) is 55.8 Å². The summed E-state index contributed by atoms with van der Waals surface area (Å²) in [6.07, 6.45) is 6.60. The molecule has 2 saturated heterocycles. The van der Waals surface area contributed by atoms with E-state index in [0.717, 1.165) is 38.5 Å². The SMILES string of the molecule is c1ccc(N2CCN([C@@H]3CCCN(Cc4cccn4-c4ccccn4)C3)CC2)cc1. The molecule has 0 bridgehead atoms. The van der Waals surface area contributed by atoms with E-state index in [2.05, 4.69) is 85.0 Å². The number of piperazine rings is 1. The lowest BCUT2D eigenvalue weighted by molar-refractivity contribution is 0.0878. The topological polar surface area (TPSA) is 27.5 Å². The number of pyridine rings is 1. The monoisotopic (exact) mass is 401 g/mol. The summed E-state index contributed by atoms with van der Waals surface area (Å²) in [5.41, 5.74) is 2.68. The summed E-state index contributed by atoms with van der Waals surface area (Å²) < 4.78 is 2.22. The number of hydrogen-bond donors (Lipinski definition) is 0. The Morgan fingerprint density at radius 2 is 1.67 bits per heavy atom. The highest BCUT2D eigenvalue weighted by Crippen LogP contribution is 2.22. The standard InChI is InChI=1S/C25H31N5/c1-2-8-22(9-3-1)28-16-18-29(19-17-28)23-10-6-14-27(20-23)21-24-11-7-15-30(24)25-12-4-5-13-26-25/h1-5,7-9,11-13,15,23H,6,10,14,16-21H2/t23-/m1/s1. The Kier molecular flexibility index (Phi) is 5.82. The van der Waals surface area contributed by atoms with Crippen LogP contribution in [0.1, 0.15) is 18.5 Å². The average Bonchev–Trinajstić information content (AvgIpc) is 3.29. The Bertz CT molecular complexity index is 915. The van der Waals surface area contributed by atoms with Gasteiger partial charge in [0.15, 0.2) is 0 Å². The van der Waals surface area contributed by atoms with Crippen LogP contribution in [0, 0.1) is 0 Å². The van der Waals surface area contributed by atoms with Crippen molar-refractivity contribution in [2.75, 3.05) is 44.2 Å². The Balaban J connectivity index is 1.19. The highest BCUT2D eigenvalue weighted by molar-refractivity contribution is 5.46. The lowest BCUT2D eigenvalue weighted by atomic mass is 10.0. The van der Waals surface area contributed by atoms with Crippen LogP contribution in [0.3, 0.4) is 0 Å². The second-order valence-corrected chi connectivity index (χ2v) is 8.45. The highest BCUT2D eigenvalue weighted by atomic mass is 15.3. The van der Waals surface area contributed by atoms with Crippen LogP contribution in [-0.2, 0) is 6.54 Å². The lowest BCUT2D eigenvalue weighted by Gasteiger charge is -2.44. The maximum Gasteiger partial charge on any atom is 0.136 e. The highest BCUT2D eigenvalue weighted by Gasteiger charge is 2.28. The fourth-order valence-electron chi connectivity index (χ4n) is 4.95. The number of nitrogens with zero attached hydrogens (tertiary/aromatic N) is 5. The number of hydrogen-bond acceptors (Lipinski definition) is 4. The fourth-order valence-corrected chi connectivity index (χ4v) is 4.95. The van der Waals surface area contributed by atoms with E-state index in [-0.39, 0.29) is 0 Å². The van der Waals surface area contributed by atoms with Gasteiger partial charge in [0.05, 0.1) is 0 Å². The van der Waals surface area contributed by atoms with Crippen molar-refractivity contribution in [2.45, 2.75) is 25.4 Å². The molecule has 0 spiro atoms. The van der Waals surface area contributed by atoms with Gasteiger partial charge >= 0.3 is 0 Å². The Morgan fingerprint density at radius 3 is 2.47 bits per heavy atom. The van der Waals surface area contributed by atoms with Gasteiger partial charge in [-0.2, -0.15) is 0 Å². The largest absolute Gasteiger partial charge is 0.369 e. The first-order valence-electron chi connectivity index (χ1n) is 11.2. The minimum Gasteiger partial charge on any atom is -0.369 e. The van der Waals surface area contributed by atoms with Crippen molar-refractivity contribution in [2.24, 2.45) is 0 Å². The molecule has 0 unspecified atom stereocenters. The molecule has 0 radical (unpaired) electrons. The van der Waals surface area contributed by atoms with Crippen LogP contribution < -0.4 is 4.90 Å². The van der Waals surface area contributed by atoms with Crippen molar-refractivity contribution in [1.29, 1.82) is 0 Å². The molecule has 30 heavy (non-hydrogen) atoms. The maximum atomic E-state index is 4.53. The normalized spacial score (nSPS) is 21.1. The Morgan fingerprint density at radius 1 is 0.833 bits per heavy atom. The number of benzene rings is 1. The van der Waals surface area contributed by atoms with E-state index in [1.807, 2.05) is 12.3 Å². The summed E-state index contributed by atoms with van der Waals surface area (Å²) >= 11 is 0. The van der Waals surface area contributed by atoms with Crippen LogP contribution in [0.4, 0.5) is 5.69 Å². The maximum absolute atomic E-state index is 4.53. The van der Waals surface area contributed by atoms with Crippen LogP contribution in [0.25, 0.3) is 5.82 Å². The summed E-state index contributed by atoms with van der Waals surface area (Å²) in [4.78, 5) is 12.4. The summed E-state index contributed by atoms with van der Waals surface area (Å²) in [7, 11) is 0. The van der Waals surface area contributed by atoms with Crippen LogP contribution in [0.15, 0.2) is 73.1 Å². The molecule has 0 aliphatic carbocycles. The zero-order valence-corrected chi connectivity index (χ0v) is 17.6. The third-order valence-electron chi connectivity index (χ3n) is 6.55. The Hall–Kier alpha value is -2.63. The van der Waals surface area contributed by atoms with Crippen LogP contribution in [0.2, 0.25) is 0 Å². The van der Waals surface area contributed by atoms with E-state index in [0.29, 0.717) is 6.04 Å². The quantitative estimate of drug-likeness (QED) is 0.652. The van der Waals surface area contributed by atoms with Crippen molar-refractivity contribution in [1.82, 2.24) is 19.4 Å². The number of likely N-dealkylation sites (tertiary alicyclic amines) is 1. The molecule has 0 amide bonds. The third-order valence-corrected chi connectivity index (χ3v) is 6.55. The number of anilines is 1. The third kappa shape index (κ3) is 4.27. The van der Waals surface area contributed by atoms with Crippen molar-refractivity contribution in [3.63, 3.8) is 0 Å². The lowest BCUT2D eigenvalue weighted by Crippen LogP contribution is -2.55. The fraction of sp³-hybridized carbons (Fsp3) is 0.400. The van der Waals surface area contributed by atoms with Crippen molar-refractivity contribution < 1.29 is 0 Å². The van der Waals surface area contributed by atoms with Gasteiger partial charge in [0.25, 0.3) is 0 Å². The van der Waals surface area contributed by atoms with Gasteiger partial charge in [-0.3, -0.25) is 9.80 Å². The number of piperidine rings is 1. The first-order chi connectivity index (χ1) is 14.9. The molecule has 5 nitrogen and oxygen atoms in total. The van der Waals surface area contributed by atoms with Crippen LogP contribution in [-0.4, -0.2) is 64.7 Å². The number of para-hydroxylation sites is 1. The van der Waals surface area contributed by atoms with E-state index in [1.54, 1.807) is 0 Å². The van der Waals surface area contributed by atoms with E-state index in [4.69, 9.17) is 0 Å². The van der Waals surface area contributed by atoms with E-state index in [9.17, 15) is 0 Å². The molecule has 156 valence electrons. The number of aromatic nitrogens is 2. The van der Waals surface area contributed by atoms with Crippen LogP contribution in [0.5, 0.6) is 0 Å². The summed E-state index contributed by atoms with van der Waals surface area (Å²) in [5, 5.41) is 0. The summed E-state index contributed by atoms with van der Waals surface area (Å²) in [6.45, 7) is 7.93. The van der Waals surface area contributed by atoms with Crippen molar-refractivity contribution >= 4 is 5.69 Å². The van der Waals surface area contributed by atoms with E-state index in [1.165, 1.54) is 37.3 Å². The molecule has 1 atom stereocenters. The van der Waals surface area contributed by atoms with Crippen LogP contribution >= 0.6 is 0 Å². The number of rotatable bonds is 5. The summed E-state index contributed by atoms with van der Waals surface area (Å²) in [5.74, 6) is 1.00. The zero-order valence-electron chi connectivity index (χ0n) is 17.6. The molecular weight excluding hydrogens is 370 g/mol. The van der Waals surface area contributed by atoms with Gasteiger partial charge in [-0.1, -0.05) is 24.3 Å². The zero-order chi connectivity index (χ0) is 20.2. The first kappa shape index (κ1) is 19.3. The summed E-state index contributed by atoms with van der Waals surface area (Å²) in [6, 6.07) is 22.0. The molecule has 2 aromatic heterocycles. The van der Waals surface area contributed by atoms with Gasteiger partial charge in [0.1, 0.15) is 5.82 Å². The Labute approximate surface area is 179 Å². The van der Waals surface area contributed by atoms with Crippen molar-refractivity contribution in [3.05, 3.63) is 78.8 Å². The molecule has 0 saturated carbocycles. The van der Waals surface area contributed by atoms with Gasteiger partial charge in [-0.25, -0.2) is 4.98 Å². The molecule has 5 heteroatoms. The van der Waals surface area contributed by atoms with E-state index < -0.39 is 0 Å². The molecule has 2 fully saturated rings. The molecular formula is C25H31N5. The second kappa shape index (κ2) is 9.02. The van der Waals surface area contributed by atoms with Crippen molar-refractivity contribution in [3.8, 4) is 5.82 Å². The predicted molar refractivity (Wildman–Crippen MR) is 122 cm³/mol.